The molecule has 0 spiro atoms. The van der Waals surface area contributed by atoms with Gasteiger partial charge in [0.1, 0.15) is 0 Å². The molecular weight excluding hydrogens is 396 g/mol. The first kappa shape index (κ1) is 24.9. The van der Waals surface area contributed by atoms with E-state index in [-0.39, 0.29) is 13.0 Å². The van der Waals surface area contributed by atoms with Crippen molar-refractivity contribution in [3.05, 3.63) is 12.4 Å². The van der Waals surface area contributed by atoms with Gasteiger partial charge in [0.2, 0.25) is 0 Å². The zero-order chi connectivity index (χ0) is 16.3. The number of hydrogen-bond donors (Lipinski definition) is 0. The topological polar surface area (TPSA) is 14.1 Å². The molecule has 0 N–H and O–H groups in total. The van der Waals surface area contributed by atoms with Gasteiger partial charge in [-0.3, -0.25) is 0 Å². The fourth-order valence-corrected chi connectivity index (χ4v) is 9.37. The zero-order valence-corrected chi connectivity index (χ0v) is 20.6. The van der Waals surface area contributed by atoms with Crippen molar-refractivity contribution in [3.8, 4) is 0 Å². The van der Waals surface area contributed by atoms with Crippen molar-refractivity contribution in [3.63, 3.8) is 0 Å². The fraction of sp³-hybridized carbons (Fsp3) is 0.938. The Morgan fingerprint density at radius 3 is 1.38 bits per heavy atom. The van der Waals surface area contributed by atoms with Crippen LogP contribution in [0.25, 0.3) is 4.98 Å². The third-order valence-electron chi connectivity index (χ3n) is 5.06. The first-order valence-corrected chi connectivity index (χ1v) is 16.9. The molecule has 0 aliphatic heterocycles. The van der Waals surface area contributed by atoms with Gasteiger partial charge in [0.15, 0.2) is 0 Å². The Hall–Kier alpha value is 1.64. The van der Waals surface area contributed by atoms with Crippen molar-refractivity contribution in [2.24, 2.45) is 23.7 Å². The summed E-state index contributed by atoms with van der Waals surface area (Å²) in [7, 11) is 8.38. The molecule has 1 nitrogen and oxygen atoms in total. The van der Waals surface area contributed by atoms with E-state index in [4.69, 9.17) is 22.0 Å². The van der Waals surface area contributed by atoms with Crippen molar-refractivity contribution >= 4 is 25.3 Å². The molecule has 0 aromatic heterocycles. The summed E-state index contributed by atoms with van der Waals surface area (Å²) in [6.45, 7) is 21.5. The minimum absolute atomic E-state index is 0. The summed E-state index contributed by atoms with van der Waals surface area (Å²) < 4.78 is 0. The monoisotopic (exact) mass is 429 g/mol. The van der Waals surface area contributed by atoms with Gasteiger partial charge in [-0.25, -0.2) is 0 Å². The quantitative estimate of drug-likeness (QED) is 0.326. The molecule has 5 atom stereocenters. The van der Waals surface area contributed by atoms with Crippen LogP contribution in [0.15, 0.2) is 0 Å². The summed E-state index contributed by atoms with van der Waals surface area (Å²) >= 11 is -0.826. The minimum atomic E-state index is -1.49. The zero-order valence-electron chi connectivity index (χ0n) is 15.6. The second-order valence-electron chi connectivity index (χ2n) is 7.97. The molecule has 126 valence electrons. The normalized spacial score (nSPS) is 32.6. The van der Waals surface area contributed by atoms with Gasteiger partial charge in [-0.2, -0.15) is 0 Å². The average Bonchev–Trinajstić information content (AvgIpc) is 2.41. The molecule has 5 heteroatoms. The third-order valence-corrected chi connectivity index (χ3v) is 8.99. The van der Waals surface area contributed by atoms with Gasteiger partial charge in [-0.1, -0.05) is 75.3 Å². The first-order valence-electron chi connectivity index (χ1n) is 7.59. The summed E-state index contributed by atoms with van der Waals surface area (Å²) in [5.74, 6) is 3.40. The van der Waals surface area contributed by atoms with E-state index in [1.54, 1.807) is 0 Å². The van der Waals surface area contributed by atoms with Crippen molar-refractivity contribution < 1.29 is 20.8 Å². The van der Waals surface area contributed by atoms with E-state index in [2.05, 4.69) is 61.6 Å². The number of rotatable bonds is 2. The molecule has 1 rings (SSSR count). The van der Waals surface area contributed by atoms with Crippen molar-refractivity contribution in [2.45, 2.75) is 72.6 Å². The third kappa shape index (κ3) is 7.38. The predicted octanol–water partition coefficient (Wildman–Crippen LogP) is 7.12. The number of halogens is 2. The molecule has 0 bridgehead atoms. The van der Waals surface area contributed by atoms with E-state index in [9.17, 15) is 0 Å². The van der Waals surface area contributed by atoms with E-state index in [1.807, 2.05) is 0 Å². The molecule has 1 fully saturated rings. The maximum absolute atomic E-state index is 5.23. The summed E-state index contributed by atoms with van der Waals surface area (Å²) in [6, 6.07) is 0. The van der Waals surface area contributed by atoms with E-state index < -0.39 is 29.1 Å². The van der Waals surface area contributed by atoms with Crippen molar-refractivity contribution in [2.75, 3.05) is 0 Å². The standard InChI is InChI=1S/C15H32NSi.CH3.2ClH.Zr/c1-10-11(2)13(4)14(12(10)3)17(8,9)16-15(5,6)7;;;;/h10-14H,1-9H3;1H3;2*1H;/q2*-1;;;+4/p-2/t10?,11?,12-,13?,14?;;;;/m0..../s1. The van der Waals surface area contributed by atoms with Crippen LogP contribution in [0.5, 0.6) is 0 Å². The molecule has 0 aromatic carbocycles. The summed E-state index contributed by atoms with van der Waals surface area (Å²) in [4.78, 5) is 5.23. The summed E-state index contributed by atoms with van der Waals surface area (Å²) in [6.07, 6.45) is 0. The van der Waals surface area contributed by atoms with E-state index in [0.717, 1.165) is 29.2 Å². The Morgan fingerprint density at radius 2 is 1.14 bits per heavy atom. The Balaban J connectivity index is 0. The maximum atomic E-state index is 5.23. The van der Waals surface area contributed by atoms with Gasteiger partial charge >= 0.3 is 37.9 Å². The predicted molar refractivity (Wildman–Crippen MR) is 99.1 cm³/mol. The van der Waals surface area contributed by atoms with Gasteiger partial charge in [0.05, 0.1) is 0 Å². The second kappa shape index (κ2) is 9.82. The van der Waals surface area contributed by atoms with Crippen LogP contribution < -0.4 is 0 Å². The molecular formula is C16H35Cl2NSiZr. The molecule has 0 aromatic rings. The average molecular weight is 432 g/mol. The SMILES string of the molecule is CC1C(C)C([Si](C)(C)[N-]C(C)(C)C)[C@@H](C)C1C.[CH3-].[Cl][Zr+2][Cl]. The van der Waals surface area contributed by atoms with Crippen LogP contribution in [-0.4, -0.2) is 13.8 Å². The van der Waals surface area contributed by atoms with Crippen molar-refractivity contribution in [1.29, 1.82) is 0 Å². The van der Waals surface area contributed by atoms with Crippen LogP contribution in [0.4, 0.5) is 0 Å². The van der Waals surface area contributed by atoms with Crippen molar-refractivity contribution in [1.82, 2.24) is 0 Å². The number of hydrogen-bond acceptors (Lipinski definition) is 0. The van der Waals surface area contributed by atoms with Gasteiger partial charge in [-0.15, -0.1) is 5.54 Å². The van der Waals surface area contributed by atoms with Crippen LogP contribution in [0, 0.1) is 31.1 Å². The van der Waals surface area contributed by atoms with Crippen LogP contribution in [0.2, 0.25) is 18.6 Å². The Labute approximate surface area is 154 Å². The fourth-order valence-electron chi connectivity index (χ4n) is 4.32. The van der Waals surface area contributed by atoms with Gasteiger partial charge in [0.25, 0.3) is 0 Å². The molecule has 1 saturated carbocycles. The summed E-state index contributed by atoms with van der Waals surface area (Å²) in [5.41, 5.74) is 0.983. The molecule has 0 heterocycles. The van der Waals surface area contributed by atoms with E-state index in [0.29, 0.717) is 0 Å². The molecule has 1 aliphatic carbocycles. The van der Waals surface area contributed by atoms with Crippen LogP contribution in [0.1, 0.15) is 48.5 Å². The Kier molecular flexibility index (Phi) is 11.6. The second-order valence-corrected chi connectivity index (χ2v) is 15.9. The van der Waals surface area contributed by atoms with E-state index >= 15 is 0 Å². The van der Waals surface area contributed by atoms with E-state index in [1.165, 1.54) is 0 Å². The molecule has 0 amide bonds. The molecule has 0 radical (unpaired) electrons. The van der Waals surface area contributed by atoms with Crippen LogP contribution in [-0.2, 0) is 20.8 Å². The first-order chi connectivity index (χ1) is 8.89. The molecule has 1 aliphatic rings. The van der Waals surface area contributed by atoms with Crippen LogP contribution in [0.3, 0.4) is 0 Å². The Bertz CT molecular complexity index is 280. The number of nitrogens with zero attached hydrogens (tertiary/aromatic N) is 1. The van der Waals surface area contributed by atoms with Gasteiger partial charge in [0, 0.05) is 0 Å². The summed E-state index contributed by atoms with van der Waals surface area (Å²) in [5, 5.41) is 0. The Morgan fingerprint density at radius 1 is 0.857 bits per heavy atom. The van der Waals surface area contributed by atoms with Gasteiger partial charge < -0.3 is 12.4 Å². The molecule has 0 saturated heterocycles. The molecule has 21 heavy (non-hydrogen) atoms. The molecule has 4 unspecified atom stereocenters. The van der Waals surface area contributed by atoms with Crippen LogP contribution >= 0.6 is 17.0 Å². The van der Waals surface area contributed by atoms with Gasteiger partial charge in [-0.05, 0) is 23.7 Å².